The van der Waals surface area contributed by atoms with Gasteiger partial charge in [0.15, 0.2) is 0 Å². The van der Waals surface area contributed by atoms with E-state index in [-0.39, 0.29) is 23.9 Å². The van der Waals surface area contributed by atoms with Crippen molar-refractivity contribution in [3.05, 3.63) is 0 Å². The Bertz CT molecular complexity index is 327. The fourth-order valence-corrected chi connectivity index (χ4v) is 3.62. The monoisotopic (exact) mass is 263 g/mol. The molecule has 17 heavy (non-hydrogen) atoms. The number of rotatable bonds is 5. The van der Waals surface area contributed by atoms with Crippen molar-refractivity contribution in [3.63, 3.8) is 0 Å². The van der Waals surface area contributed by atoms with Crippen LogP contribution >= 0.6 is 0 Å². The Balaban J connectivity index is 2.55. The van der Waals surface area contributed by atoms with Crippen LogP contribution in [0.25, 0.3) is 0 Å². The lowest BCUT2D eigenvalue weighted by Gasteiger charge is -2.32. The van der Waals surface area contributed by atoms with Gasteiger partial charge in [-0.3, -0.25) is 0 Å². The molecule has 0 spiro atoms. The summed E-state index contributed by atoms with van der Waals surface area (Å²) in [6.07, 6.45) is 4.75. The zero-order valence-electron chi connectivity index (χ0n) is 11.0. The van der Waals surface area contributed by atoms with E-state index in [1.807, 2.05) is 0 Å². The molecule has 2 unspecified atom stereocenters. The molecule has 1 aliphatic rings. The number of aliphatic hydroxyl groups excluding tert-OH is 1. The molecular formula is C12H25NO3S. The number of hydrogen-bond acceptors (Lipinski definition) is 4. The molecule has 0 aromatic rings. The first kappa shape index (κ1) is 14.9. The summed E-state index contributed by atoms with van der Waals surface area (Å²) in [6, 6.07) is 0.293. The molecule has 0 amide bonds. The van der Waals surface area contributed by atoms with Gasteiger partial charge in [0.25, 0.3) is 0 Å². The van der Waals surface area contributed by atoms with Gasteiger partial charge in [-0.1, -0.05) is 20.3 Å². The lowest BCUT2D eigenvalue weighted by molar-refractivity contribution is 0.188. The average molecular weight is 263 g/mol. The van der Waals surface area contributed by atoms with E-state index < -0.39 is 9.84 Å². The Kier molecular flexibility index (Phi) is 5.41. The van der Waals surface area contributed by atoms with E-state index in [0.29, 0.717) is 12.3 Å². The summed E-state index contributed by atoms with van der Waals surface area (Å²) in [7, 11) is -2.92. The molecule has 5 heteroatoms. The maximum Gasteiger partial charge on any atom is 0.150 e. The third-order valence-electron chi connectivity index (χ3n) is 3.68. The van der Waals surface area contributed by atoms with Crippen LogP contribution in [0.4, 0.5) is 0 Å². The minimum Gasteiger partial charge on any atom is -0.395 e. The maximum atomic E-state index is 11.5. The summed E-state index contributed by atoms with van der Waals surface area (Å²) in [6.45, 7) is 4.23. The molecule has 0 aromatic carbocycles. The van der Waals surface area contributed by atoms with Crippen molar-refractivity contribution in [2.45, 2.75) is 56.9 Å². The summed E-state index contributed by atoms with van der Waals surface area (Å²) in [5, 5.41) is 12.5. The highest BCUT2D eigenvalue weighted by atomic mass is 32.2. The van der Waals surface area contributed by atoms with Crippen LogP contribution < -0.4 is 5.32 Å². The van der Waals surface area contributed by atoms with E-state index in [9.17, 15) is 13.5 Å². The molecule has 1 saturated carbocycles. The lowest BCUT2D eigenvalue weighted by Crippen LogP contribution is -2.47. The number of sulfone groups is 1. The third kappa shape index (κ3) is 4.56. The second-order valence-corrected chi connectivity index (χ2v) is 7.84. The summed E-state index contributed by atoms with van der Waals surface area (Å²) in [5.41, 5.74) is 0. The van der Waals surface area contributed by atoms with Gasteiger partial charge in [0.1, 0.15) is 9.84 Å². The van der Waals surface area contributed by atoms with Crippen LogP contribution in [-0.2, 0) is 9.84 Å². The molecule has 0 heterocycles. The van der Waals surface area contributed by atoms with Gasteiger partial charge in [-0.25, -0.2) is 8.42 Å². The molecule has 2 N–H and O–H groups in total. The highest BCUT2D eigenvalue weighted by molar-refractivity contribution is 7.91. The Morgan fingerprint density at radius 3 is 2.47 bits per heavy atom. The summed E-state index contributed by atoms with van der Waals surface area (Å²) in [4.78, 5) is 0. The van der Waals surface area contributed by atoms with Crippen molar-refractivity contribution >= 4 is 9.84 Å². The highest BCUT2D eigenvalue weighted by Crippen LogP contribution is 2.24. The van der Waals surface area contributed by atoms with Crippen molar-refractivity contribution in [2.75, 3.05) is 12.9 Å². The summed E-state index contributed by atoms with van der Waals surface area (Å²) in [5.74, 6) is 0.360. The normalized spacial score (nSPS) is 28.3. The number of aliphatic hydroxyl groups is 1. The summed E-state index contributed by atoms with van der Waals surface area (Å²) < 4.78 is 23.1. The van der Waals surface area contributed by atoms with Gasteiger partial charge < -0.3 is 10.4 Å². The minimum atomic E-state index is -2.92. The largest absolute Gasteiger partial charge is 0.395 e. The van der Waals surface area contributed by atoms with Crippen molar-refractivity contribution < 1.29 is 13.5 Å². The summed E-state index contributed by atoms with van der Waals surface area (Å²) >= 11 is 0. The van der Waals surface area contributed by atoms with Gasteiger partial charge in [0.2, 0.25) is 0 Å². The van der Waals surface area contributed by atoms with Crippen LogP contribution in [0.5, 0.6) is 0 Å². The Morgan fingerprint density at radius 2 is 2.00 bits per heavy atom. The first-order valence-electron chi connectivity index (χ1n) is 6.40. The molecule has 0 bridgehead atoms. The highest BCUT2D eigenvalue weighted by Gasteiger charge is 2.30. The molecule has 0 aromatic heterocycles. The van der Waals surface area contributed by atoms with Gasteiger partial charge in [-0.05, 0) is 25.2 Å². The van der Waals surface area contributed by atoms with Gasteiger partial charge in [0, 0.05) is 18.3 Å². The molecule has 0 radical (unpaired) electrons. The van der Waals surface area contributed by atoms with Gasteiger partial charge >= 0.3 is 0 Å². The second kappa shape index (κ2) is 6.16. The van der Waals surface area contributed by atoms with Gasteiger partial charge in [-0.15, -0.1) is 0 Å². The number of nitrogens with one attached hydrogen (secondary N) is 1. The Labute approximate surface area is 105 Å². The first-order valence-corrected chi connectivity index (χ1v) is 8.35. The van der Waals surface area contributed by atoms with E-state index in [2.05, 4.69) is 19.2 Å². The van der Waals surface area contributed by atoms with E-state index >= 15 is 0 Å². The van der Waals surface area contributed by atoms with Crippen LogP contribution in [0.1, 0.15) is 39.5 Å². The molecule has 3 atom stereocenters. The molecule has 0 aliphatic heterocycles. The Hall–Kier alpha value is -0.130. The minimum absolute atomic E-state index is 0.0679. The topological polar surface area (TPSA) is 66.4 Å². The van der Waals surface area contributed by atoms with Gasteiger partial charge in [0.05, 0.1) is 11.9 Å². The zero-order valence-corrected chi connectivity index (χ0v) is 11.8. The van der Waals surface area contributed by atoms with Crippen molar-refractivity contribution in [1.29, 1.82) is 0 Å². The fourth-order valence-electron chi connectivity index (χ4n) is 2.44. The van der Waals surface area contributed by atoms with Crippen LogP contribution in [0, 0.1) is 5.92 Å². The average Bonchev–Trinajstić information content (AvgIpc) is 2.24. The SMILES string of the molecule is CC(C)[C@@H](CO)NC1CCCC(S(C)(=O)=O)C1. The first-order chi connectivity index (χ1) is 7.84. The quantitative estimate of drug-likeness (QED) is 0.775. The van der Waals surface area contributed by atoms with Crippen LogP contribution in [0.3, 0.4) is 0 Å². The van der Waals surface area contributed by atoms with Crippen LogP contribution in [0.15, 0.2) is 0 Å². The Morgan fingerprint density at radius 1 is 1.35 bits per heavy atom. The van der Waals surface area contributed by atoms with E-state index in [1.54, 1.807) is 0 Å². The molecular weight excluding hydrogens is 238 g/mol. The third-order valence-corrected chi connectivity index (χ3v) is 5.32. The van der Waals surface area contributed by atoms with Crippen molar-refractivity contribution in [1.82, 2.24) is 5.32 Å². The predicted octanol–water partition coefficient (Wildman–Crippen LogP) is 0.949. The van der Waals surface area contributed by atoms with E-state index in [1.165, 1.54) is 6.26 Å². The number of hydrogen-bond donors (Lipinski definition) is 2. The molecule has 1 rings (SSSR count). The molecule has 0 saturated heterocycles. The van der Waals surface area contributed by atoms with Crippen LogP contribution in [0.2, 0.25) is 0 Å². The molecule has 1 fully saturated rings. The lowest BCUT2D eigenvalue weighted by atomic mass is 9.93. The van der Waals surface area contributed by atoms with Crippen LogP contribution in [-0.4, -0.2) is 43.7 Å². The zero-order chi connectivity index (χ0) is 13.1. The van der Waals surface area contributed by atoms with E-state index in [4.69, 9.17) is 0 Å². The van der Waals surface area contributed by atoms with Crippen molar-refractivity contribution in [2.24, 2.45) is 5.92 Å². The van der Waals surface area contributed by atoms with Crippen molar-refractivity contribution in [3.8, 4) is 0 Å². The standard InChI is InChI=1S/C12H25NO3S/c1-9(2)12(8-14)13-10-5-4-6-11(7-10)17(3,15)16/h9-14H,4-8H2,1-3H3/t10?,11?,12-/m1/s1. The fraction of sp³-hybridized carbons (Fsp3) is 1.00. The van der Waals surface area contributed by atoms with Gasteiger partial charge in [-0.2, -0.15) is 0 Å². The second-order valence-electron chi connectivity index (χ2n) is 5.51. The predicted molar refractivity (Wildman–Crippen MR) is 69.7 cm³/mol. The molecule has 1 aliphatic carbocycles. The molecule has 4 nitrogen and oxygen atoms in total. The maximum absolute atomic E-state index is 11.5. The smallest absolute Gasteiger partial charge is 0.150 e. The molecule has 102 valence electrons. The van der Waals surface area contributed by atoms with E-state index in [0.717, 1.165) is 19.3 Å².